The van der Waals surface area contributed by atoms with Gasteiger partial charge in [0.25, 0.3) is 0 Å². The Morgan fingerprint density at radius 2 is 2.17 bits per heavy atom. The summed E-state index contributed by atoms with van der Waals surface area (Å²) in [6, 6.07) is 0. The smallest absolute Gasteiger partial charge is 0.339 e. The number of carboxylic acid groups (broad SMARTS) is 1. The lowest BCUT2D eigenvalue weighted by atomic mass is 10.1. The molecule has 0 spiro atoms. The number of unbranched alkanes of at least 4 members (excludes halogenated alkanes) is 1. The van der Waals surface area contributed by atoms with E-state index in [2.05, 4.69) is 5.32 Å². The molecule has 1 aromatic rings. The van der Waals surface area contributed by atoms with Gasteiger partial charge < -0.3 is 10.4 Å². The molecule has 1 heterocycles. The molecule has 5 heteroatoms. The van der Waals surface area contributed by atoms with Gasteiger partial charge in [0.05, 0.1) is 5.56 Å². The number of carbonyl (C=O) groups is 2. The van der Waals surface area contributed by atoms with Crippen molar-refractivity contribution in [3.63, 3.8) is 0 Å². The lowest BCUT2D eigenvalue weighted by Crippen LogP contribution is -2.13. The molecule has 0 bridgehead atoms. The molecule has 1 aliphatic carbocycles. The van der Waals surface area contributed by atoms with E-state index in [0.29, 0.717) is 17.0 Å². The molecule has 0 saturated heterocycles. The molecule has 1 amide bonds. The summed E-state index contributed by atoms with van der Waals surface area (Å²) < 4.78 is 0. The minimum absolute atomic E-state index is 0.0840. The largest absolute Gasteiger partial charge is 0.478 e. The number of rotatable bonds is 5. The minimum Gasteiger partial charge on any atom is -0.478 e. The van der Waals surface area contributed by atoms with E-state index in [1.165, 1.54) is 11.3 Å². The second-order valence-electron chi connectivity index (χ2n) is 4.52. The standard InChI is InChI=1S/C13H17NO3S/c1-2-3-7-10(15)14-12-11(13(16)17)8-5-4-6-9(8)18-12/h2-7H2,1H3,(H,14,15)(H,16,17). The van der Waals surface area contributed by atoms with Crippen molar-refractivity contribution in [2.24, 2.45) is 0 Å². The van der Waals surface area contributed by atoms with E-state index in [0.717, 1.165) is 42.5 Å². The molecule has 2 N–H and O–H groups in total. The van der Waals surface area contributed by atoms with Gasteiger partial charge in [0, 0.05) is 11.3 Å². The highest BCUT2D eigenvalue weighted by Gasteiger charge is 2.26. The van der Waals surface area contributed by atoms with Crippen molar-refractivity contribution < 1.29 is 14.7 Å². The molecule has 1 aliphatic rings. The number of aryl methyl sites for hydroxylation is 1. The second-order valence-corrected chi connectivity index (χ2v) is 5.62. The van der Waals surface area contributed by atoms with Crippen LogP contribution in [0.15, 0.2) is 0 Å². The average molecular weight is 267 g/mol. The van der Waals surface area contributed by atoms with Crippen LogP contribution in [0.2, 0.25) is 0 Å². The Hall–Kier alpha value is -1.36. The third kappa shape index (κ3) is 2.56. The predicted octanol–water partition coefficient (Wildman–Crippen LogP) is 3.06. The van der Waals surface area contributed by atoms with Crippen LogP contribution in [0.5, 0.6) is 0 Å². The first kappa shape index (κ1) is 13.1. The molecule has 0 saturated carbocycles. The number of aromatic carboxylic acids is 1. The van der Waals surface area contributed by atoms with Gasteiger partial charge >= 0.3 is 5.97 Å². The fourth-order valence-corrected chi connectivity index (χ4v) is 3.54. The maximum atomic E-state index is 11.7. The van der Waals surface area contributed by atoms with Crippen molar-refractivity contribution in [2.75, 3.05) is 5.32 Å². The van der Waals surface area contributed by atoms with Crippen molar-refractivity contribution >= 4 is 28.2 Å². The summed E-state index contributed by atoms with van der Waals surface area (Å²) in [6.07, 6.45) is 5.02. The van der Waals surface area contributed by atoms with Crippen LogP contribution in [0.3, 0.4) is 0 Å². The monoisotopic (exact) mass is 267 g/mol. The lowest BCUT2D eigenvalue weighted by molar-refractivity contribution is -0.116. The summed E-state index contributed by atoms with van der Waals surface area (Å²) >= 11 is 1.43. The fraction of sp³-hybridized carbons (Fsp3) is 0.538. The van der Waals surface area contributed by atoms with Gasteiger partial charge in [-0.2, -0.15) is 0 Å². The van der Waals surface area contributed by atoms with E-state index in [-0.39, 0.29) is 5.91 Å². The number of anilines is 1. The zero-order valence-electron chi connectivity index (χ0n) is 10.4. The molecule has 1 aromatic heterocycles. The molecule has 0 fully saturated rings. The van der Waals surface area contributed by atoms with E-state index < -0.39 is 5.97 Å². The van der Waals surface area contributed by atoms with Gasteiger partial charge in [0.1, 0.15) is 5.00 Å². The van der Waals surface area contributed by atoms with E-state index in [4.69, 9.17) is 0 Å². The van der Waals surface area contributed by atoms with Crippen LogP contribution in [-0.4, -0.2) is 17.0 Å². The third-order valence-corrected chi connectivity index (χ3v) is 4.35. The first-order valence-corrected chi connectivity index (χ1v) is 7.12. The van der Waals surface area contributed by atoms with Crippen LogP contribution < -0.4 is 5.32 Å². The molecule has 18 heavy (non-hydrogen) atoms. The van der Waals surface area contributed by atoms with Crippen molar-refractivity contribution in [3.05, 3.63) is 16.0 Å². The van der Waals surface area contributed by atoms with E-state index >= 15 is 0 Å². The second kappa shape index (κ2) is 5.52. The average Bonchev–Trinajstić information content (AvgIpc) is 2.85. The summed E-state index contributed by atoms with van der Waals surface area (Å²) in [4.78, 5) is 24.1. The van der Waals surface area contributed by atoms with Crippen molar-refractivity contribution in [3.8, 4) is 0 Å². The number of thiophene rings is 1. The van der Waals surface area contributed by atoms with Crippen molar-refractivity contribution in [1.29, 1.82) is 0 Å². The maximum absolute atomic E-state index is 11.7. The quantitative estimate of drug-likeness (QED) is 0.861. The molecule has 2 rings (SSSR count). The first-order chi connectivity index (χ1) is 8.63. The van der Waals surface area contributed by atoms with E-state index in [9.17, 15) is 14.7 Å². The number of carboxylic acids is 1. The van der Waals surface area contributed by atoms with Gasteiger partial charge in [-0.3, -0.25) is 4.79 Å². The zero-order valence-corrected chi connectivity index (χ0v) is 11.2. The number of hydrogen-bond donors (Lipinski definition) is 2. The molecular weight excluding hydrogens is 250 g/mol. The molecule has 0 aromatic carbocycles. The molecular formula is C13H17NO3S. The fourth-order valence-electron chi connectivity index (χ4n) is 2.25. The van der Waals surface area contributed by atoms with Gasteiger partial charge in [-0.1, -0.05) is 13.3 Å². The maximum Gasteiger partial charge on any atom is 0.339 e. The first-order valence-electron chi connectivity index (χ1n) is 6.31. The van der Waals surface area contributed by atoms with Crippen LogP contribution in [0, 0.1) is 0 Å². The molecule has 4 nitrogen and oxygen atoms in total. The molecule has 0 atom stereocenters. The van der Waals surface area contributed by atoms with Gasteiger partial charge in [-0.25, -0.2) is 4.79 Å². The zero-order chi connectivity index (χ0) is 13.1. The summed E-state index contributed by atoms with van der Waals surface area (Å²) in [7, 11) is 0. The number of amides is 1. The molecule has 98 valence electrons. The Balaban J connectivity index is 2.18. The van der Waals surface area contributed by atoms with Gasteiger partial charge in [0.15, 0.2) is 0 Å². The van der Waals surface area contributed by atoms with E-state index in [1.54, 1.807) is 0 Å². The Labute approximate surface area is 110 Å². The van der Waals surface area contributed by atoms with Gasteiger partial charge in [-0.15, -0.1) is 11.3 Å². The van der Waals surface area contributed by atoms with Crippen LogP contribution in [0.4, 0.5) is 5.00 Å². The summed E-state index contributed by atoms with van der Waals surface area (Å²) in [5.74, 6) is -1.01. The lowest BCUT2D eigenvalue weighted by Gasteiger charge is -2.04. The predicted molar refractivity (Wildman–Crippen MR) is 71.5 cm³/mol. The van der Waals surface area contributed by atoms with Crippen LogP contribution in [0.25, 0.3) is 0 Å². The number of hydrogen-bond acceptors (Lipinski definition) is 3. The number of fused-ring (bicyclic) bond motifs is 1. The summed E-state index contributed by atoms with van der Waals surface area (Å²) in [5.41, 5.74) is 1.25. The Kier molecular flexibility index (Phi) is 4.01. The summed E-state index contributed by atoms with van der Waals surface area (Å²) in [6.45, 7) is 2.02. The number of nitrogens with one attached hydrogen (secondary N) is 1. The van der Waals surface area contributed by atoms with Crippen LogP contribution >= 0.6 is 11.3 Å². The summed E-state index contributed by atoms with van der Waals surface area (Å²) in [5, 5.41) is 12.5. The van der Waals surface area contributed by atoms with Crippen LogP contribution in [-0.2, 0) is 17.6 Å². The van der Waals surface area contributed by atoms with E-state index in [1.807, 2.05) is 6.92 Å². The van der Waals surface area contributed by atoms with Crippen molar-refractivity contribution in [1.82, 2.24) is 0 Å². The normalized spacial score (nSPS) is 13.4. The van der Waals surface area contributed by atoms with Gasteiger partial charge in [0.2, 0.25) is 5.91 Å². The molecule has 0 aliphatic heterocycles. The SMILES string of the molecule is CCCCC(=O)Nc1sc2c(c1C(=O)O)CCC2. The topological polar surface area (TPSA) is 66.4 Å². The molecule has 0 unspecified atom stereocenters. The minimum atomic E-state index is -0.930. The molecule has 0 radical (unpaired) electrons. The Morgan fingerprint density at radius 1 is 1.39 bits per heavy atom. The Bertz CT molecular complexity index is 479. The Morgan fingerprint density at radius 3 is 2.83 bits per heavy atom. The van der Waals surface area contributed by atoms with Gasteiger partial charge in [-0.05, 0) is 31.2 Å². The number of carbonyl (C=O) groups excluding carboxylic acids is 1. The third-order valence-electron chi connectivity index (χ3n) is 3.15. The van der Waals surface area contributed by atoms with Crippen LogP contribution in [0.1, 0.15) is 53.4 Å². The highest BCUT2D eigenvalue weighted by Crippen LogP contribution is 2.39. The van der Waals surface area contributed by atoms with Crippen molar-refractivity contribution in [2.45, 2.75) is 45.4 Å². The highest BCUT2D eigenvalue weighted by molar-refractivity contribution is 7.17. The highest BCUT2D eigenvalue weighted by atomic mass is 32.1.